The van der Waals surface area contributed by atoms with Gasteiger partial charge in [0.15, 0.2) is 5.78 Å². The topological polar surface area (TPSA) is 46.2 Å². The van der Waals surface area contributed by atoms with Crippen LogP contribution in [0.1, 0.15) is 26.3 Å². The third-order valence-electron chi connectivity index (χ3n) is 4.31. The van der Waals surface area contributed by atoms with Gasteiger partial charge in [0.05, 0.1) is 5.70 Å². The molecule has 4 heteroatoms. The summed E-state index contributed by atoms with van der Waals surface area (Å²) in [4.78, 5) is 25.2. The summed E-state index contributed by atoms with van der Waals surface area (Å²) in [6.07, 6.45) is 1.38. The first kappa shape index (κ1) is 15.6. The monoisotopic (exact) mass is 347 g/mol. The molecular formula is C21H14ClNO2. The van der Waals surface area contributed by atoms with Crippen molar-refractivity contribution in [3.05, 3.63) is 94.1 Å². The molecule has 0 fully saturated rings. The number of benzene rings is 3. The normalized spacial score (nSPS) is 13.6. The number of fused-ring (bicyclic) bond motifs is 2. The first-order valence-electron chi connectivity index (χ1n) is 7.94. The Hall–Kier alpha value is -2.91. The van der Waals surface area contributed by atoms with Crippen LogP contribution in [0.15, 0.2) is 72.4 Å². The average Bonchev–Trinajstić information content (AvgIpc) is 2.63. The number of ketones is 2. The highest BCUT2D eigenvalue weighted by Crippen LogP contribution is 2.26. The maximum Gasteiger partial charge on any atom is 0.209 e. The first-order valence-corrected chi connectivity index (χ1v) is 8.31. The second kappa shape index (κ2) is 6.19. The van der Waals surface area contributed by atoms with Crippen LogP contribution in [0.3, 0.4) is 0 Å². The van der Waals surface area contributed by atoms with E-state index in [0.717, 1.165) is 16.3 Å². The average molecular weight is 348 g/mol. The van der Waals surface area contributed by atoms with Crippen molar-refractivity contribution in [3.8, 4) is 0 Å². The number of nitrogens with one attached hydrogen (secondary N) is 1. The summed E-state index contributed by atoms with van der Waals surface area (Å²) in [7, 11) is 0. The summed E-state index contributed by atoms with van der Waals surface area (Å²) in [5.74, 6) is -0.312. The third-order valence-corrected chi connectivity index (χ3v) is 4.56. The number of carbonyl (C=O) groups excluding carboxylic acids is 2. The van der Waals surface area contributed by atoms with Crippen LogP contribution < -0.4 is 5.32 Å². The van der Waals surface area contributed by atoms with Gasteiger partial charge in [0.25, 0.3) is 0 Å². The van der Waals surface area contributed by atoms with Crippen LogP contribution in [0.2, 0.25) is 5.02 Å². The summed E-state index contributed by atoms with van der Waals surface area (Å²) >= 11 is 5.88. The smallest absolute Gasteiger partial charge is 0.209 e. The highest BCUT2D eigenvalue weighted by atomic mass is 35.5. The van der Waals surface area contributed by atoms with Gasteiger partial charge < -0.3 is 5.32 Å². The van der Waals surface area contributed by atoms with Gasteiger partial charge in [-0.1, -0.05) is 48.0 Å². The van der Waals surface area contributed by atoms with Crippen molar-refractivity contribution in [1.29, 1.82) is 0 Å². The second-order valence-corrected chi connectivity index (χ2v) is 6.41. The van der Waals surface area contributed by atoms with Crippen LogP contribution in [-0.4, -0.2) is 11.6 Å². The highest BCUT2D eigenvalue weighted by molar-refractivity contribution is 6.30. The van der Waals surface area contributed by atoms with Gasteiger partial charge >= 0.3 is 0 Å². The van der Waals surface area contributed by atoms with Crippen LogP contribution >= 0.6 is 11.6 Å². The summed E-state index contributed by atoms with van der Waals surface area (Å²) in [5.41, 5.74) is 2.21. The molecule has 0 aromatic heterocycles. The molecule has 0 saturated carbocycles. The van der Waals surface area contributed by atoms with Crippen LogP contribution in [-0.2, 0) is 6.54 Å². The van der Waals surface area contributed by atoms with Crippen molar-refractivity contribution in [1.82, 2.24) is 5.32 Å². The zero-order chi connectivity index (χ0) is 17.4. The summed E-state index contributed by atoms with van der Waals surface area (Å²) in [5, 5.41) is 5.63. The van der Waals surface area contributed by atoms with Gasteiger partial charge in [0, 0.05) is 28.8 Å². The SMILES string of the molecule is O=C1C=C(NCc2ccc(Cl)cc2)C(=O)c2cc3ccccc3cc21. The Kier molecular flexibility index (Phi) is 3.86. The minimum absolute atomic E-state index is 0.154. The lowest BCUT2D eigenvalue weighted by Crippen LogP contribution is -2.26. The third kappa shape index (κ3) is 2.94. The lowest BCUT2D eigenvalue weighted by atomic mass is 9.90. The molecule has 0 amide bonds. The molecule has 0 spiro atoms. The van der Waals surface area contributed by atoms with Gasteiger partial charge in [-0.2, -0.15) is 0 Å². The molecule has 0 saturated heterocycles. The van der Waals surface area contributed by atoms with E-state index < -0.39 is 0 Å². The summed E-state index contributed by atoms with van der Waals surface area (Å²) in [6.45, 7) is 0.449. The minimum atomic E-state index is -0.158. The largest absolute Gasteiger partial charge is 0.378 e. The van der Waals surface area contributed by atoms with Crippen molar-refractivity contribution in [3.63, 3.8) is 0 Å². The number of rotatable bonds is 3. The molecule has 1 N–H and O–H groups in total. The van der Waals surface area contributed by atoms with E-state index in [4.69, 9.17) is 11.6 Å². The van der Waals surface area contributed by atoms with Crippen LogP contribution in [0, 0.1) is 0 Å². The molecule has 0 heterocycles. The van der Waals surface area contributed by atoms with E-state index in [2.05, 4.69) is 5.32 Å². The predicted molar refractivity (Wildman–Crippen MR) is 99.0 cm³/mol. The molecule has 122 valence electrons. The van der Waals surface area contributed by atoms with Gasteiger partial charge in [-0.15, -0.1) is 0 Å². The van der Waals surface area contributed by atoms with E-state index in [9.17, 15) is 9.59 Å². The Balaban J connectivity index is 1.64. The van der Waals surface area contributed by atoms with E-state index >= 15 is 0 Å². The Labute approximate surface area is 149 Å². The number of Topliss-reactive ketones (excluding diaryl/α,β-unsaturated/α-hetero) is 1. The van der Waals surface area contributed by atoms with Crippen molar-refractivity contribution in [2.75, 3.05) is 0 Å². The zero-order valence-electron chi connectivity index (χ0n) is 13.3. The maximum atomic E-state index is 12.8. The molecule has 0 radical (unpaired) electrons. The molecule has 0 aliphatic heterocycles. The Morgan fingerprint density at radius 3 is 2.16 bits per heavy atom. The van der Waals surface area contributed by atoms with Gasteiger partial charge in [-0.05, 0) is 40.6 Å². The predicted octanol–water partition coefficient (Wildman–Crippen LogP) is 4.55. The molecule has 3 aromatic rings. The lowest BCUT2D eigenvalue weighted by molar-refractivity contribution is 0.0978. The molecule has 1 aliphatic carbocycles. The Bertz CT molecular complexity index is 1040. The van der Waals surface area contributed by atoms with Crippen molar-refractivity contribution < 1.29 is 9.59 Å². The van der Waals surface area contributed by atoms with Crippen molar-refractivity contribution >= 4 is 33.9 Å². The maximum absolute atomic E-state index is 12.8. The molecule has 0 unspecified atom stereocenters. The molecular weight excluding hydrogens is 334 g/mol. The molecule has 1 aliphatic rings. The number of hydrogen-bond donors (Lipinski definition) is 1. The first-order chi connectivity index (χ1) is 12.1. The van der Waals surface area contributed by atoms with Gasteiger partial charge in [0.2, 0.25) is 5.78 Å². The van der Waals surface area contributed by atoms with Gasteiger partial charge in [-0.3, -0.25) is 9.59 Å². The number of halogens is 1. The molecule has 0 atom stereocenters. The minimum Gasteiger partial charge on any atom is -0.378 e. The van der Waals surface area contributed by atoms with E-state index in [-0.39, 0.29) is 11.6 Å². The highest BCUT2D eigenvalue weighted by Gasteiger charge is 2.25. The molecule has 3 nitrogen and oxygen atoms in total. The van der Waals surface area contributed by atoms with Crippen molar-refractivity contribution in [2.45, 2.75) is 6.54 Å². The zero-order valence-corrected chi connectivity index (χ0v) is 14.0. The Morgan fingerprint density at radius 2 is 1.48 bits per heavy atom. The van der Waals surface area contributed by atoms with E-state index in [0.29, 0.717) is 28.4 Å². The number of hydrogen-bond acceptors (Lipinski definition) is 3. The van der Waals surface area contributed by atoms with Gasteiger partial charge in [0.1, 0.15) is 0 Å². The number of allylic oxidation sites excluding steroid dienone is 2. The number of carbonyl (C=O) groups is 2. The summed E-state index contributed by atoms with van der Waals surface area (Å²) < 4.78 is 0. The fourth-order valence-corrected chi connectivity index (χ4v) is 3.11. The molecule has 25 heavy (non-hydrogen) atoms. The Morgan fingerprint density at radius 1 is 0.840 bits per heavy atom. The fraction of sp³-hybridized carbons (Fsp3) is 0.0476. The van der Waals surface area contributed by atoms with E-state index in [1.807, 2.05) is 36.4 Å². The fourth-order valence-electron chi connectivity index (χ4n) is 2.98. The van der Waals surface area contributed by atoms with E-state index in [1.54, 1.807) is 24.3 Å². The lowest BCUT2D eigenvalue weighted by Gasteiger charge is -2.17. The quantitative estimate of drug-likeness (QED) is 0.756. The van der Waals surface area contributed by atoms with Crippen LogP contribution in [0.4, 0.5) is 0 Å². The molecule has 4 rings (SSSR count). The van der Waals surface area contributed by atoms with Gasteiger partial charge in [-0.25, -0.2) is 0 Å². The second-order valence-electron chi connectivity index (χ2n) is 5.98. The van der Waals surface area contributed by atoms with Crippen molar-refractivity contribution in [2.24, 2.45) is 0 Å². The summed E-state index contributed by atoms with van der Waals surface area (Å²) in [6, 6.07) is 18.6. The van der Waals surface area contributed by atoms with Crippen LogP contribution in [0.5, 0.6) is 0 Å². The standard InChI is InChI=1S/C21H14ClNO2/c22-16-7-5-13(6-8-16)12-23-19-11-20(24)17-9-14-3-1-2-4-15(14)10-18(17)21(19)25/h1-11,23H,12H2. The van der Waals surface area contributed by atoms with E-state index in [1.165, 1.54) is 6.08 Å². The molecule has 3 aromatic carbocycles. The molecule has 0 bridgehead atoms. The van der Waals surface area contributed by atoms with Crippen LogP contribution in [0.25, 0.3) is 10.8 Å².